The van der Waals surface area contributed by atoms with Crippen molar-refractivity contribution >= 4 is 17.3 Å². The fourth-order valence-electron chi connectivity index (χ4n) is 1.60. The molecule has 0 bridgehead atoms. The van der Waals surface area contributed by atoms with Gasteiger partial charge in [0.2, 0.25) is 5.82 Å². The highest BCUT2D eigenvalue weighted by Gasteiger charge is 2.21. The summed E-state index contributed by atoms with van der Waals surface area (Å²) in [6, 6.07) is 10.6. The summed E-state index contributed by atoms with van der Waals surface area (Å²) in [5, 5.41) is 11.2. The lowest BCUT2D eigenvalue weighted by atomic mass is 10.0. The molecule has 0 heterocycles. The van der Waals surface area contributed by atoms with Crippen molar-refractivity contribution in [2.75, 3.05) is 0 Å². The zero-order chi connectivity index (χ0) is 12.4. The van der Waals surface area contributed by atoms with Crippen LogP contribution in [0, 0.1) is 15.9 Å². The number of rotatable bonds is 2. The molecule has 17 heavy (non-hydrogen) atoms. The predicted molar refractivity (Wildman–Crippen MR) is 63.5 cm³/mol. The Morgan fingerprint density at radius 1 is 1.06 bits per heavy atom. The van der Waals surface area contributed by atoms with Gasteiger partial charge >= 0.3 is 5.69 Å². The summed E-state index contributed by atoms with van der Waals surface area (Å²) in [5.41, 5.74) is 0.0709. The van der Waals surface area contributed by atoms with Crippen molar-refractivity contribution in [1.29, 1.82) is 0 Å². The Bertz CT molecular complexity index is 586. The van der Waals surface area contributed by atoms with Crippen LogP contribution in [0.25, 0.3) is 11.1 Å². The summed E-state index contributed by atoms with van der Waals surface area (Å²) in [6.07, 6.45) is 0. The Kier molecular flexibility index (Phi) is 3.06. The van der Waals surface area contributed by atoms with E-state index in [0.717, 1.165) is 6.07 Å². The molecule has 0 aliphatic carbocycles. The van der Waals surface area contributed by atoms with Crippen molar-refractivity contribution in [3.05, 3.63) is 63.4 Å². The molecule has 0 aliphatic rings. The molecule has 2 aromatic carbocycles. The summed E-state index contributed by atoms with van der Waals surface area (Å²) in [7, 11) is 0. The molecule has 0 N–H and O–H groups in total. The SMILES string of the molecule is O=[N+]([O-])c1c(F)cccc1-c1ccccc1Cl. The van der Waals surface area contributed by atoms with Crippen LogP contribution in [0.1, 0.15) is 0 Å². The second-order valence-corrected chi connectivity index (χ2v) is 3.78. The van der Waals surface area contributed by atoms with Gasteiger partial charge in [-0.05, 0) is 18.2 Å². The van der Waals surface area contributed by atoms with E-state index in [-0.39, 0.29) is 5.56 Å². The summed E-state index contributed by atoms with van der Waals surface area (Å²) in [4.78, 5) is 10.1. The first-order chi connectivity index (χ1) is 8.11. The van der Waals surface area contributed by atoms with Crippen LogP contribution in [0.3, 0.4) is 0 Å². The fraction of sp³-hybridized carbons (Fsp3) is 0. The Hall–Kier alpha value is -1.94. The first kappa shape index (κ1) is 11.5. The van der Waals surface area contributed by atoms with Gasteiger partial charge in [0, 0.05) is 10.6 Å². The molecule has 3 nitrogen and oxygen atoms in total. The van der Waals surface area contributed by atoms with Crippen molar-refractivity contribution in [3.8, 4) is 11.1 Å². The molecular formula is C12H7ClFNO2. The molecule has 2 aromatic rings. The summed E-state index contributed by atoms with van der Waals surface area (Å²) in [6.45, 7) is 0. The summed E-state index contributed by atoms with van der Waals surface area (Å²) < 4.78 is 13.4. The normalized spacial score (nSPS) is 10.2. The lowest BCUT2D eigenvalue weighted by Gasteiger charge is -2.05. The highest BCUT2D eigenvalue weighted by molar-refractivity contribution is 6.33. The number of hydrogen-bond acceptors (Lipinski definition) is 2. The van der Waals surface area contributed by atoms with Gasteiger partial charge in [-0.3, -0.25) is 10.1 Å². The standard InChI is InChI=1S/C12H7ClFNO2/c13-10-6-2-1-4-8(10)9-5-3-7-11(14)12(9)15(16)17/h1-7H. The maximum absolute atomic E-state index is 13.4. The van der Waals surface area contributed by atoms with Crippen molar-refractivity contribution in [3.63, 3.8) is 0 Å². The first-order valence-corrected chi connectivity index (χ1v) is 5.17. The molecule has 0 atom stereocenters. The zero-order valence-corrected chi connectivity index (χ0v) is 9.32. The van der Waals surface area contributed by atoms with Gasteiger partial charge in [-0.25, -0.2) is 0 Å². The highest BCUT2D eigenvalue weighted by atomic mass is 35.5. The molecule has 0 amide bonds. The third kappa shape index (κ3) is 2.12. The molecule has 0 saturated carbocycles. The van der Waals surface area contributed by atoms with E-state index < -0.39 is 16.4 Å². The number of hydrogen-bond donors (Lipinski definition) is 0. The summed E-state index contributed by atoms with van der Waals surface area (Å²) in [5.74, 6) is -0.868. The number of nitro benzene ring substituents is 1. The Balaban J connectivity index is 2.72. The minimum absolute atomic E-state index is 0.181. The number of halogens is 2. The van der Waals surface area contributed by atoms with Crippen LogP contribution < -0.4 is 0 Å². The second-order valence-electron chi connectivity index (χ2n) is 3.37. The summed E-state index contributed by atoms with van der Waals surface area (Å²) >= 11 is 5.94. The van der Waals surface area contributed by atoms with Crippen LogP contribution in [0.2, 0.25) is 5.02 Å². The molecule has 0 saturated heterocycles. The van der Waals surface area contributed by atoms with E-state index in [0.29, 0.717) is 10.6 Å². The van der Waals surface area contributed by atoms with Crippen LogP contribution >= 0.6 is 11.6 Å². The van der Waals surface area contributed by atoms with E-state index in [1.807, 2.05) is 0 Å². The van der Waals surface area contributed by atoms with Gasteiger partial charge in [-0.15, -0.1) is 0 Å². The predicted octanol–water partition coefficient (Wildman–Crippen LogP) is 4.05. The molecule has 0 radical (unpaired) electrons. The number of benzene rings is 2. The molecule has 2 rings (SSSR count). The minimum atomic E-state index is -0.868. The molecule has 0 spiro atoms. The Morgan fingerprint density at radius 2 is 1.71 bits per heavy atom. The molecule has 86 valence electrons. The monoisotopic (exact) mass is 251 g/mol. The maximum atomic E-state index is 13.4. The second kappa shape index (κ2) is 4.51. The van der Waals surface area contributed by atoms with Gasteiger partial charge < -0.3 is 0 Å². The Labute approximate surface area is 102 Å². The first-order valence-electron chi connectivity index (χ1n) is 4.79. The third-order valence-electron chi connectivity index (χ3n) is 2.33. The van der Waals surface area contributed by atoms with Gasteiger partial charge in [-0.2, -0.15) is 4.39 Å². The highest BCUT2D eigenvalue weighted by Crippen LogP contribution is 2.35. The Morgan fingerprint density at radius 3 is 2.35 bits per heavy atom. The lowest BCUT2D eigenvalue weighted by Crippen LogP contribution is -1.95. The van der Waals surface area contributed by atoms with Gasteiger partial charge in [0.15, 0.2) is 0 Å². The van der Waals surface area contributed by atoms with E-state index in [1.165, 1.54) is 12.1 Å². The van der Waals surface area contributed by atoms with Crippen LogP contribution in [0.5, 0.6) is 0 Å². The zero-order valence-electron chi connectivity index (χ0n) is 8.56. The lowest BCUT2D eigenvalue weighted by molar-refractivity contribution is -0.386. The quantitative estimate of drug-likeness (QED) is 0.597. The smallest absolute Gasteiger partial charge is 0.258 e. The van der Waals surface area contributed by atoms with Gasteiger partial charge in [0.1, 0.15) is 0 Å². The molecule has 0 aromatic heterocycles. The van der Waals surface area contributed by atoms with Gasteiger partial charge in [0.25, 0.3) is 0 Å². The molecule has 0 aliphatic heterocycles. The van der Waals surface area contributed by atoms with Crippen molar-refractivity contribution < 1.29 is 9.31 Å². The van der Waals surface area contributed by atoms with E-state index in [1.54, 1.807) is 24.3 Å². The van der Waals surface area contributed by atoms with Crippen molar-refractivity contribution in [1.82, 2.24) is 0 Å². The largest absolute Gasteiger partial charge is 0.312 e. The minimum Gasteiger partial charge on any atom is -0.258 e. The van der Waals surface area contributed by atoms with Crippen molar-refractivity contribution in [2.24, 2.45) is 0 Å². The molecule has 5 heteroatoms. The van der Waals surface area contributed by atoms with E-state index in [2.05, 4.69) is 0 Å². The number of para-hydroxylation sites is 1. The van der Waals surface area contributed by atoms with Gasteiger partial charge in [0.05, 0.1) is 10.5 Å². The molecular weight excluding hydrogens is 245 g/mol. The number of nitro groups is 1. The van der Waals surface area contributed by atoms with E-state index >= 15 is 0 Å². The molecule has 0 unspecified atom stereocenters. The average Bonchev–Trinajstić information content (AvgIpc) is 2.28. The molecule has 0 fully saturated rings. The van der Waals surface area contributed by atoms with Crippen LogP contribution in [0.4, 0.5) is 10.1 Å². The van der Waals surface area contributed by atoms with Crippen molar-refractivity contribution in [2.45, 2.75) is 0 Å². The maximum Gasteiger partial charge on any atom is 0.312 e. The van der Waals surface area contributed by atoms with Gasteiger partial charge in [-0.1, -0.05) is 35.9 Å². The fourth-order valence-corrected chi connectivity index (χ4v) is 1.84. The average molecular weight is 252 g/mol. The number of nitrogens with zero attached hydrogens (tertiary/aromatic N) is 1. The van der Waals surface area contributed by atoms with E-state index in [9.17, 15) is 14.5 Å². The van der Waals surface area contributed by atoms with Crippen LogP contribution in [-0.2, 0) is 0 Å². The van der Waals surface area contributed by atoms with Crippen LogP contribution in [0.15, 0.2) is 42.5 Å². The topological polar surface area (TPSA) is 43.1 Å². The van der Waals surface area contributed by atoms with Crippen LogP contribution in [-0.4, -0.2) is 4.92 Å². The third-order valence-corrected chi connectivity index (χ3v) is 2.66. The van der Waals surface area contributed by atoms with E-state index in [4.69, 9.17) is 11.6 Å².